The SMILES string of the molecule is C/C=C/N1CCC[C@@H]1CN(C)C.C=N.C=NC1=C(C)[C@@]2(C)CCOC(C)(C)C[C@H]2N1c1cccc(N2C(=O)CCCC2(C)C)n1.CNc1ccc(N2CCN(C)CC2)cc1. The first kappa shape index (κ1) is 48.4. The summed E-state index contributed by atoms with van der Waals surface area (Å²) in [5, 5.41) is 8.64. The van der Waals surface area contributed by atoms with E-state index in [9.17, 15) is 4.79 Å². The number of nitrogens with zero attached hydrogens (tertiary/aromatic N) is 8. The summed E-state index contributed by atoms with van der Waals surface area (Å²) in [4.78, 5) is 36.0. The number of hydrogen-bond donors (Lipinski definition) is 2. The molecule has 3 atom stereocenters. The van der Waals surface area contributed by atoms with Crippen LogP contribution in [0.15, 0.2) is 71.1 Å². The number of nitrogens with one attached hydrogen (secondary N) is 2. The van der Waals surface area contributed by atoms with Crippen LogP contribution in [0.25, 0.3) is 0 Å². The summed E-state index contributed by atoms with van der Waals surface area (Å²) in [7, 11) is 8.42. The number of hydrogen-bond acceptors (Lipinski definition) is 11. The highest BCUT2D eigenvalue weighted by molar-refractivity contribution is 5.94. The molecule has 0 unspecified atom stereocenters. The van der Waals surface area contributed by atoms with Gasteiger partial charge in [-0.05, 0) is 163 Å². The fourth-order valence-electron chi connectivity index (χ4n) is 9.43. The van der Waals surface area contributed by atoms with Crippen molar-refractivity contribution in [1.82, 2.24) is 19.7 Å². The number of anilines is 4. The summed E-state index contributed by atoms with van der Waals surface area (Å²) in [5.74, 6) is 2.56. The van der Waals surface area contributed by atoms with Gasteiger partial charge in [-0.25, -0.2) is 9.98 Å². The van der Waals surface area contributed by atoms with E-state index in [0.717, 1.165) is 76.1 Å². The zero-order valence-corrected chi connectivity index (χ0v) is 39.1. The number of ether oxygens (including phenoxy) is 1. The van der Waals surface area contributed by atoms with Crippen molar-refractivity contribution in [2.75, 3.05) is 94.1 Å². The molecule has 0 spiro atoms. The van der Waals surface area contributed by atoms with Crippen LogP contribution in [0.3, 0.4) is 0 Å². The van der Waals surface area contributed by atoms with E-state index in [0.29, 0.717) is 12.2 Å². The van der Waals surface area contributed by atoms with Gasteiger partial charge >= 0.3 is 0 Å². The molecule has 60 heavy (non-hydrogen) atoms. The van der Waals surface area contributed by atoms with Gasteiger partial charge in [0.2, 0.25) is 5.91 Å². The van der Waals surface area contributed by atoms with E-state index in [4.69, 9.17) is 15.1 Å². The number of allylic oxidation sites excluding steroid dienone is 1. The lowest BCUT2D eigenvalue weighted by Gasteiger charge is -2.42. The molecule has 4 fully saturated rings. The number of carbonyl (C=O) groups excluding carboxylic acids is 1. The molecular weight excluding hydrogens is 749 g/mol. The molecular formula is C48H78N10O2. The van der Waals surface area contributed by atoms with Crippen LogP contribution in [0.1, 0.15) is 93.4 Å². The van der Waals surface area contributed by atoms with Crippen molar-refractivity contribution < 1.29 is 9.53 Å². The molecule has 5 aliphatic rings. The van der Waals surface area contributed by atoms with Crippen LogP contribution in [-0.4, -0.2) is 136 Å². The number of rotatable bonds is 8. The number of piperidine rings is 1. The molecule has 12 heteroatoms. The molecule has 4 saturated heterocycles. The summed E-state index contributed by atoms with van der Waals surface area (Å²) in [6, 6.07) is 15.5. The first-order valence-electron chi connectivity index (χ1n) is 22.0. The van der Waals surface area contributed by atoms with Gasteiger partial charge in [0.15, 0.2) is 0 Å². The summed E-state index contributed by atoms with van der Waals surface area (Å²) < 4.78 is 6.18. The summed E-state index contributed by atoms with van der Waals surface area (Å²) in [5.41, 5.74) is 3.19. The lowest BCUT2D eigenvalue weighted by atomic mass is 9.73. The van der Waals surface area contributed by atoms with Gasteiger partial charge in [-0.1, -0.05) is 19.1 Å². The molecule has 12 nitrogen and oxygen atoms in total. The number of amides is 1. The molecule has 1 amide bonds. The van der Waals surface area contributed by atoms with Crippen LogP contribution in [-0.2, 0) is 9.53 Å². The Hall–Kier alpha value is -4.26. The van der Waals surface area contributed by atoms with Crippen molar-refractivity contribution in [2.24, 2.45) is 10.4 Å². The van der Waals surface area contributed by atoms with Crippen LogP contribution < -0.4 is 20.0 Å². The molecule has 6 heterocycles. The highest BCUT2D eigenvalue weighted by Gasteiger charge is 2.52. The van der Waals surface area contributed by atoms with E-state index in [1.54, 1.807) is 0 Å². The number of fused-ring (bicyclic) bond motifs is 1. The molecule has 2 aromatic rings. The highest BCUT2D eigenvalue weighted by Crippen LogP contribution is 2.52. The molecule has 5 aliphatic heterocycles. The molecule has 0 radical (unpaired) electrons. The summed E-state index contributed by atoms with van der Waals surface area (Å²) in [6.45, 7) is 29.2. The van der Waals surface area contributed by atoms with E-state index in [-0.39, 0.29) is 28.5 Å². The lowest BCUT2D eigenvalue weighted by Crippen LogP contribution is -2.51. The fourth-order valence-corrected chi connectivity index (χ4v) is 9.43. The van der Waals surface area contributed by atoms with Crippen molar-refractivity contribution in [2.45, 2.75) is 117 Å². The number of aliphatic imine (C=N–C) groups is 1. The minimum absolute atomic E-state index is 0.0673. The van der Waals surface area contributed by atoms with Crippen molar-refractivity contribution in [1.29, 1.82) is 5.41 Å². The average Bonchev–Trinajstić information content (AvgIpc) is 3.69. The monoisotopic (exact) mass is 827 g/mol. The van der Waals surface area contributed by atoms with E-state index < -0.39 is 0 Å². The zero-order valence-electron chi connectivity index (χ0n) is 39.1. The second-order valence-electron chi connectivity index (χ2n) is 18.6. The second-order valence-corrected chi connectivity index (χ2v) is 18.6. The Balaban J connectivity index is 0.000000226. The molecule has 1 aromatic heterocycles. The first-order chi connectivity index (χ1) is 28.5. The Kier molecular flexibility index (Phi) is 17.3. The molecule has 332 valence electrons. The van der Waals surface area contributed by atoms with Gasteiger partial charge in [0.1, 0.15) is 17.5 Å². The Morgan fingerprint density at radius 2 is 1.65 bits per heavy atom. The van der Waals surface area contributed by atoms with Crippen molar-refractivity contribution >= 4 is 42.4 Å². The van der Waals surface area contributed by atoms with Gasteiger partial charge in [0.25, 0.3) is 0 Å². The summed E-state index contributed by atoms with van der Waals surface area (Å²) >= 11 is 0. The Morgan fingerprint density at radius 3 is 2.25 bits per heavy atom. The highest BCUT2D eigenvalue weighted by atomic mass is 16.5. The molecule has 1 aromatic carbocycles. The smallest absolute Gasteiger partial charge is 0.228 e. The van der Waals surface area contributed by atoms with Crippen LogP contribution in [0.4, 0.5) is 23.0 Å². The van der Waals surface area contributed by atoms with E-state index >= 15 is 0 Å². The maximum Gasteiger partial charge on any atom is 0.228 e. The number of aromatic nitrogens is 1. The lowest BCUT2D eigenvalue weighted by molar-refractivity contribution is -0.121. The minimum Gasteiger partial charge on any atom is -0.388 e. The third kappa shape index (κ3) is 11.8. The number of pyridine rings is 1. The Bertz CT molecular complexity index is 1750. The number of carbonyl (C=O) groups is 1. The molecule has 2 N–H and O–H groups in total. The van der Waals surface area contributed by atoms with Crippen molar-refractivity contribution in [3.05, 3.63) is 66.1 Å². The van der Waals surface area contributed by atoms with E-state index in [1.165, 1.54) is 42.9 Å². The van der Waals surface area contributed by atoms with Crippen LogP contribution in [0, 0.1) is 10.8 Å². The third-order valence-electron chi connectivity index (χ3n) is 13.0. The second kappa shape index (κ2) is 21.5. The third-order valence-corrected chi connectivity index (χ3v) is 13.0. The summed E-state index contributed by atoms with van der Waals surface area (Å²) in [6.07, 6.45) is 11.3. The van der Waals surface area contributed by atoms with Crippen molar-refractivity contribution in [3.63, 3.8) is 0 Å². The number of likely N-dealkylation sites (N-methyl/N-ethyl adjacent to an activating group) is 2. The van der Waals surface area contributed by atoms with E-state index in [2.05, 4.69) is 154 Å². The van der Waals surface area contributed by atoms with Crippen LogP contribution in [0.2, 0.25) is 0 Å². The zero-order chi connectivity index (χ0) is 44.3. The number of benzene rings is 1. The predicted molar refractivity (Wildman–Crippen MR) is 254 cm³/mol. The largest absolute Gasteiger partial charge is 0.388 e. The van der Waals surface area contributed by atoms with Gasteiger partial charge in [0.05, 0.1) is 5.60 Å². The van der Waals surface area contributed by atoms with Gasteiger partial charge < -0.3 is 40.0 Å². The van der Waals surface area contributed by atoms with E-state index in [1.807, 2.05) is 30.1 Å². The number of likely N-dealkylation sites (tertiary alicyclic amines) is 1. The average molecular weight is 827 g/mol. The van der Waals surface area contributed by atoms with Crippen molar-refractivity contribution in [3.8, 4) is 0 Å². The quantitative estimate of drug-likeness (QED) is 0.254. The van der Waals surface area contributed by atoms with Gasteiger partial charge in [0, 0.05) is 93.8 Å². The maximum atomic E-state index is 12.8. The Morgan fingerprint density at radius 1 is 0.983 bits per heavy atom. The predicted octanol–water partition coefficient (Wildman–Crippen LogP) is 8.38. The Labute approximate surface area is 363 Å². The van der Waals surface area contributed by atoms with Gasteiger partial charge in [-0.15, -0.1) is 0 Å². The normalized spacial score (nSPS) is 25.1. The minimum atomic E-state index is -0.246. The first-order valence-corrected chi connectivity index (χ1v) is 22.0. The van der Waals surface area contributed by atoms with Crippen LogP contribution >= 0.6 is 0 Å². The molecule has 0 saturated carbocycles. The molecule has 0 aliphatic carbocycles. The number of piperazine rings is 1. The van der Waals surface area contributed by atoms with Crippen LogP contribution in [0.5, 0.6) is 0 Å². The van der Waals surface area contributed by atoms with Gasteiger partial charge in [-0.3, -0.25) is 9.69 Å². The molecule has 0 bridgehead atoms. The molecule has 7 rings (SSSR count). The topological polar surface area (TPSA) is 107 Å². The fraction of sp³-hybridized carbons (Fsp3) is 0.625. The standard InChI is InChI=1S/C25H36N4O2.C12H19N3.C10H20N2.CH3N/c1-17-22(26-7)28(18-16-24(4,5)31-15-14-25(17,18)6)19-10-8-11-20(27-19)29-21(30)12-9-13-23(29,2)3;1-13-11-3-5-12(6-4-11)15-9-7-14(2)8-10-15;1-4-7-12-8-5-6-10(12)9-11(2)3;1-2/h8,10-11,18H,7,9,12-16H2,1-6H3;3-6,13H,7-10H2,1-2H3;4,7,10H,5-6,8-9H2,1-3H3;2H,1H2/b;;7-4+;/t18-,25-;;10-;/m1.1./s1. The van der Waals surface area contributed by atoms with Gasteiger partial charge in [-0.2, -0.15) is 0 Å². The maximum absolute atomic E-state index is 12.8.